The summed E-state index contributed by atoms with van der Waals surface area (Å²) < 4.78 is 0. The Balaban J connectivity index is 1.74. The van der Waals surface area contributed by atoms with Gasteiger partial charge in [-0.2, -0.15) is 0 Å². The van der Waals surface area contributed by atoms with Crippen LogP contribution in [0.25, 0.3) is 0 Å². The lowest BCUT2D eigenvalue weighted by Crippen LogP contribution is -2.55. The molecule has 2 N–H and O–H groups in total. The summed E-state index contributed by atoms with van der Waals surface area (Å²) in [5.41, 5.74) is -0.559. The lowest BCUT2D eigenvalue weighted by molar-refractivity contribution is -0.125. The van der Waals surface area contributed by atoms with E-state index in [0.717, 1.165) is 0 Å². The SMILES string of the molecule is O=C1NC(=O)C2(CCN(C(=O)c3cccc(Cl)c3Cl)CC2)N1. The molecule has 2 saturated heterocycles. The average molecular weight is 342 g/mol. The minimum atomic E-state index is -0.897. The fraction of sp³-hybridized carbons (Fsp3) is 0.357. The lowest BCUT2D eigenvalue weighted by atomic mass is 9.87. The highest BCUT2D eigenvalue weighted by molar-refractivity contribution is 6.43. The summed E-state index contributed by atoms with van der Waals surface area (Å²) in [6.45, 7) is 0.713. The van der Waals surface area contributed by atoms with E-state index < -0.39 is 11.6 Å². The van der Waals surface area contributed by atoms with Crippen LogP contribution in [0, 0.1) is 0 Å². The normalized spacial score (nSPS) is 20.0. The van der Waals surface area contributed by atoms with E-state index in [1.807, 2.05) is 0 Å². The van der Waals surface area contributed by atoms with E-state index in [-0.39, 0.29) is 16.8 Å². The predicted octanol–water partition coefficient (Wildman–Crippen LogP) is 1.81. The van der Waals surface area contributed by atoms with Crippen molar-refractivity contribution in [1.29, 1.82) is 0 Å². The molecule has 8 heteroatoms. The number of amides is 4. The zero-order chi connectivity index (χ0) is 15.9. The number of nitrogens with zero attached hydrogens (tertiary/aromatic N) is 1. The Morgan fingerprint density at radius 1 is 1.18 bits per heavy atom. The molecule has 0 unspecified atom stereocenters. The summed E-state index contributed by atoms with van der Waals surface area (Å²) in [6, 6.07) is 4.41. The molecular formula is C14H13Cl2N3O3. The maximum atomic E-state index is 12.5. The fourth-order valence-electron chi connectivity index (χ4n) is 2.81. The molecule has 0 aromatic heterocycles. The molecule has 2 aliphatic heterocycles. The first-order valence-electron chi connectivity index (χ1n) is 6.80. The number of hydrogen-bond acceptors (Lipinski definition) is 3. The second-order valence-corrected chi connectivity index (χ2v) is 6.17. The van der Waals surface area contributed by atoms with Gasteiger partial charge in [0.05, 0.1) is 15.6 Å². The number of imide groups is 1. The van der Waals surface area contributed by atoms with Gasteiger partial charge in [-0.05, 0) is 25.0 Å². The number of benzene rings is 1. The van der Waals surface area contributed by atoms with Crippen LogP contribution in [0.15, 0.2) is 18.2 Å². The first kappa shape index (κ1) is 15.1. The summed E-state index contributed by atoms with van der Waals surface area (Å²) in [4.78, 5) is 37.3. The van der Waals surface area contributed by atoms with Crippen LogP contribution in [0.5, 0.6) is 0 Å². The van der Waals surface area contributed by atoms with E-state index in [1.165, 1.54) is 0 Å². The van der Waals surface area contributed by atoms with Gasteiger partial charge < -0.3 is 10.2 Å². The van der Waals surface area contributed by atoms with Crippen LogP contribution >= 0.6 is 23.2 Å². The van der Waals surface area contributed by atoms with Gasteiger partial charge in [0.1, 0.15) is 5.54 Å². The molecule has 3 rings (SSSR count). The van der Waals surface area contributed by atoms with Crippen molar-refractivity contribution in [3.8, 4) is 0 Å². The van der Waals surface area contributed by atoms with Crippen LogP contribution in [0.3, 0.4) is 0 Å². The fourth-order valence-corrected chi connectivity index (χ4v) is 3.19. The van der Waals surface area contributed by atoms with Crippen LogP contribution in [0.1, 0.15) is 23.2 Å². The van der Waals surface area contributed by atoms with E-state index in [0.29, 0.717) is 36.5 Å². The van der Waals surface area contributed by atoms with E-state index in [2.05, 4.69) is 10.6 Å². The van der Waals surface area contributed by atoms with Crippen molar-refractivity contribution in [1.82, 2.24) is 15.5 Å². The molecule has 4 amide bonds. The molecule has 1 spiro atoms. The topological polar surface area (TPSA) is 78.5 Å². The molecule has 116 valence electrons. The van der Waals surface area contributed by atoms with E-state index >= 15 is 0 Å². The highest BCUT2D eigenvalue weighted by Gasteiger charge is 2.48. The van der Waals surface area contributed by atoms with Crippen molar-refractivity contribution < 1.29 is 14.4 Å². The Hall–Kier alpha value is -1.79. The zero-order valence-corrected chi connectivity index (χ0v) is 13.0. The molecule has 0 aliphatic carbocycles. The summed E-state index contributed by atoms with van der Waals surface area (Å²) >= 11 is 12.0. The molecule has 0 saturated carbocycles. The van der Waals surface area contributed by atoms with Gasteiger partial charge in [0.2, 0.25) is 0 Å². The number of likely N-dealkylation sites (tertiary alicyclic amines) is 1. The largest absolute Gasteiger partial charge is 0.338 e. The van der Waals surface area contributed by atoms with Crippen molar-refractivity contribution in [3.05, 3.63) is 33.8 Å². The van der Waals surface area contributed by atoms with Crippen molar-refractivity contribution >= 4 is 41.0 Å². The quantitative estimate of drug-likeness (QED) is 0.764. The first-order chi connectivity index (χ1) is 10.4. The third-order valence-electron chi connectivity index (χ3n) is 4.10. The number of carbonyl (C=O) groups excluding carboxylic acids is 3. The van der Waals surface area contributed by atoms with E-state index in [1.54, 1.807) is 23.1 Å². The molecule has 1 aromatic rings. The number of carbonyl (C=O) groups is 3. The minimum Gasteiger partial charge on any atom is -0.338 e. The summed E-state index contributed by atoms with van der Waals surface area (Å²) in [5, 5.41) is 5.44. The Bertz CT molecular complexity index is 669. The third-order valence-corrected chi connectivity index (χ3v) is 4.92. The van der Waals surface area contributed by atoms with Crippen molar-refractivity contribution in [2.75, 3.05) is 13.1 Å². The van der Waals surface area contributed by atoms with Gasteiger partial charge in [0.25, 0.3) is 11.8 Å². The van der Waals surface area contributed by atoms with Crippen LogP contribution < -0.4 is 10.6 Å². The van der Waals surface area contributed by atoms with E-state index in [4.69, 9.17) is 23.2 Å². The maximum absolute atomic E-state index is 12.5. The molecule has 0 bridgehead atoms. The van der Waals surface area contributed by atoms with Crippen molar-refractivity contribution in [2.45, 2.75) is 18.4 Å². The Kier molecular flexibility index (Phi) is 3.74. The molecule has 2 aliphatic rings. The second-order valence-electron chi connectivity index (χ2n) is 5.38. The number of halogens is 2. The molecular weight excluding hydrogens is 329 g/mol. The van der Waals surface area contributed by atoms with Gasteiger partial charge in [-0.1, -0.05) is 29.3 Å². The van der Waals surface area contributed by atoms with Gasteiger partial charge in [0, 0.05) is 13.1 Å². The molecule has 2 heterocycles. The lowest BCUT2D eigenvalue weighted by Gasteiger charge is -2.37. The molecule has 1 aromatic carbocycles. The van der Waals surface area contributed by atoms with Crippen LogP contribution in [-0.2, 0) is 4.79 Å². The van der Waals surface area contributed by atoms with Crippen LogP contribution in [0.4, 0.5) is 4.79 Å². The number of hydrogen-bond donors (Lipinski definition) is 2. The van der Waals surface area contributed by atoms with Gasteiger partial charge in [-0.25, -0.2) is 4.79 Å². The number of urea groups is 1. The minimum absolute atomic E-state index is 0.223. The monoisotopic (exact) mass is 341 g/mol. The Morgan fingerprint density at radius 3 is 2.45 bits per heavy atom. The van der Waals surface area contributed by atoms with Gasteiger partial charge in [0.15, 0.2) is 0 Å². The van der Waals surface area contributed by atoms with Crippen molar-refractivity contribution in [3.63, 3.8) is 0 Å². The van der Waals surface area contributed by atoms with Crippen LogP contribution in [0.2, 0.25) is 10.0 Å². The number of nitrogens with one attached hydrogen (secondary N) is 2. The maximum Gasteiger partial charge on any atom is 0.322 e. The Morgan fingerprint density at radius 2 is 1.86 bits per heavy atom. The van der Waals surface area contributed by atoms with E-state index in [9.17, 15) is 14.4 Å². The summed E-state index contributed by atoms with van der Waals surface area (Å²) in [7, 11) is 0. The predicted molar refractivity (Wildman–Crippen MR) is 81.0 cm³/mol. The number of rotatable bonds is 1. The zero-order valence-electron chi connectivity index (χ0n) is 11.5. The van der Waals surface area contributed by atoms with Crippen LogP contribution in [-0.4, -0.2) is 41.4 Å². The third kappa shape index (κ3) is 2.42. The standard InChI is InChI=1S/C14H13Cl2N3O3/c15-9-3-1-2-8(10(9)16)11(20)19-6-4-14(5-7-19)12(21)17-13(22)18-14/h1-3H,4-7H2,(H2,17,18,21,22). The van der Waals surface area contributed by atoms with Gasteiger partial charge in [-0.15, -0.1) is 0 Å². The second kappa shape index (κ2) is 5.44. The van der Waals surface area contributed by atoms with Gasteiger partial charge in [-0.3, -0.25) is 14.9 Å². The average Bonchev–Trinajstić information content (AvgIpc) is 2.76. The summed E-state index contributed by atoms with van der Waals surface area (Å²) in [5.74, 6) is -0.558. The number of piperidine rings is 1. The Labute approximate surface area is 136 Å². The van der Waals surface area contributed by atoms with Gasteiger partial charge >= 0.3 is 6.03 Å². The van der Waals surface area contributed by atoms with Crippen molar-refractivity contribution in [2.24, 2.45) is 0 Å². The molecule has 0 radical (unpaired) electrons. The molecule has 22 heavy (non-hydrogen) atoms. The molecule has 2 fully saturated rings. The molecule has 6 nitrogen and oxygen atoms in total. The molecule has 0 atom stereocenters. The first-order valence-corrected chi connectivity index (χ1v) is 7.55. The highest BCUT2D eigenvalue weighted by Crippen LogP contribution is 2.30. The summed E-state index contributed by atoms with van der Waals surface area (Å²) in [6.07, 6.45) is 0.739. The highest BCUT2D eigenvalue weighted by atomic mass is 35.5. The smallest absolute Gasteiger partial charge is 0.322 e.